The zero-order valence-electron chi connectivity index (χ0n) is 13.6. The van der Waals surface area contributed by atoms with Gasteiger partial charge in [-0.3, -0.25) is 4.79 Å². The third-order valence-electron chi connectivity index (χ3n) is 4.69. The van der Waals surface area contributed by atoms with Crippen LogP contribution in [0.2, 0.25) is 5.02 Å². The van der Waals surface area contributed by atoms with Crippen LogP contribution in [0.5, 0.6) is 0 Å². The van der Waals surface area contributed by atoms with E-state index in [1.807, 2.05) is 0 Å². The second-order valence-electron chi connectivity index (χ2n) is 6.45. The van der Waals surface area contributed by atoms with Crippen LogP contribution in [0, 0.1) is 11.7 Å². The van der Waals surface area contributed by atoms with Gasteiger partial charge in [0.1, 0.15) is 11.9 Å². The Morgan fingerprint density at radius 1 is 1.42 bits per heavy atom. The highest BCUT2D eigenvalue weighted by Gasteiger charge is 2.34. The molecule has 7 heteroatoms. The van der Waals surface area contributed by atoms with E-state index in [2.05, 4.69) is 17.6 Å². The van der Waals surface area contributed by atoms with Crippen LogP contribution in [0.1, 0.15) is 37.9 Å². The van der Waals surface area contributed by atoms with Gasteiger partial charge in [0.2, 0.25) is 5.91 Å². The Labute approximate surface area is 152 Å². The van der Waals surface area contributed by atoms with Crippen molar-refractivity contribution in [3.05, 3.63) is 34.6 Å². The lowest BCUT2D eigenvalue weighted by Crippen LogP contribution is -2.46. The molecule has 0 radical (unpaired) electrons. The van der Waals surface area contributed by atoms with Gasteiger partial charge in [-0.2, -0.15) is 0 Å². The highest BCUT2D eigenvalue weighted by atomic mass is 35.5. The van der Waals surface area contributed by atoms with Crippen molar-refractivity contribution in [2.24, 2.45) is 5.92 Å². The second kappa shape index (κ2) is 8.48. The molecule has 2 aliphatic heterocycles. The normalized spacial score (nSPS) is 29.8. The van der Waals surface area contributed by atoms with Crippen molar-refractivity contribution < 1.29 is 13.9 Å². The maximum absolute atomic E-state index is 13.7. The molecule has 1 amide bonds. The van der Waals surface area contributed by atoms with Crippen molar-refractivity contribution in [1.82, 2.24) is 10.6 Å². The first-order valence-corrected chi connectivity index (χ1v) is 8.52. The number of hydrogen-bond donors (Lipinski definition) is 2. The van der Waals surface area contributed by atoms with E-state index in [4.69, 9.17) is 16.3 Å². The molecule has 3 rings (SSSR count). The van der Waals surface area contributed by atoms with Gasteiger partial charge >= 0.3 is 0 Å². The van der Waals surface area contributed by atoms with Gasteiger partial charge in [-0.25, -0.2) is 4.39 Å². The summed E-state index contributed by atoms with van der Waals surface area (Å²) in [7, 11) is 0. The fourth-order valence-corrected chi connectivity index (χ4v) is 3.54. The van der Waals surface area contributed by atoms with Crippen molar-refractivity contribution in [1.29, 1.82) is 0 Å². The maximum Gasteiger partial charge on any atom is 0.223 e. The van der Waals surface area contributed by atoms with Gasteiger partial charge in [0, 0.05) is 18.6 Å². The Morgan fingerprint density at radius 3 is 2.92 bits per heavy atom. The van der Waals surface area contributed by atoms with Crippen LogP contribution >= 0.6 is 24.0 Å². The molecule has 1 aromatic carbocycles. The SMILES string of the molecule is C[C@H]1C[C@@H](C(=O)NC2CCOC2c2ccc(Cl)c(F)c2)CCN1.Cl. The highest BCUT2D eigenvalue weighted by Crippen LogP contribution is 2.31. The number of ether oxygens (including phenoxy) is 1. The largest absolute Gasteiger partial charge is 0.371 e. The summed E-state index contributed by atoms with van der Waals surface area (Å²) < 4.78 is 19.4. The van der Waals surface area contributed by atoms with Crippen LogP contribution in [-0.2, 0) is 9.53 Å². The van der Waals surface area contributed by atoms with E-state index in [9.17, 15) is 9.18 Å². The molecule has 134 valence electrons. The van der Waals surface area contributed by atoms with Crippen molar-refractivity contribution in [2.45, 2.75) is 44.4 Å². The molecule has 0 saturated carbocycles. The summed E-state index contributed by atoms with van der Waals surface area (Å²) >= 11 is 5.73. The Kier molecular flexibility index (Phi) is 6.87. The Morgan fingerprint density at radius 2 is 2.21 bits per heavy atom. The summed E-state index contributed by atoms with van der Waals surface area (Å²) in [6.07, 6.45) is 2.12. The monoisotopic (exact) mass is 376 g/mol. The third kappa shape index (κ3) is 4.39. The van der Waals surface area contributed by atoms with E-state index in [1.165, 1.54) is 12.1 Å². The minimum Gasteiger partial charge on any atom is -0.371 e. The zero-order chi connectivity index (χ0) is 16.4. The van der Waals surface area contributed by atoms with E-state index in [0.29, 0.717) is 18.2 Å². The summed E-state index contributed by atoms with van der Waals surface area (Å²) in [5.74, 6) is -0.348. The van der Waals surface area contributed by atoms with Crippen LogP contribution in [0.15, 0.2) is 18.2 Å². The lowest BCUT2D eigenvalue weighted by Gasteiger charge is -2.29. The first-order valence-electron chi connectivity index (χ1n) is 8.15. The summed E-state index contributed by atoms with van der Waals surface area (Å²) in [6, 6.07) is 4.92. The number of piperidine rings is 1. The topological polar surface area (TPSA) is 50.4 Å². The highest BCUT2D eigenvalue weighted by molar-refractivity contribution is 6.30. The van der Waals surface area contributed by atoms with Crippen molar-refractivity contribution in [2.75, 3.05) is 13.2 Å². The smallest absolute Gasteiger partial charge is 0.223 e. The molecule has 4 nitrogen and oxygen atoms in total. The fraction of sp³-hybridized carbons (Fsp3) is 0.588. The minimum absolute atomic E-state index is 0. The van der Waals surface area contributed by atoms with Crippen molar-refractivity contribution in [3.8, 4) is 0 Å². The van der Waals surface area contributed by atoms with Crippen LogP contribution in [0.4, 0.5) is 4.39 Å². The van der Waals surface area contributed by atoms with Crippen LogP contribution in [-0.4, -0.2) is 31.1 Å². The van der Waals surface area contributed by atoms with E-state index in [-0.39, 0.29) is 41.4 Å². The van der Waals surface area contributed by atoms with E-state index in [1.54, 1.807) is 6.07 Å². The number of benzene rings is 1. The summed E-state index contributed by atoms with van der Waals surface area (Å²) in [5.41, 5.74) is 0.716. The van der Waals surface area contributed by atoms with Gasteiger partial charge in [-0.15, -0.1) is 12.4 Å². The molecule has 0 spiro atoms. The maximum atomic E-state index is 13.7. The van der Waals surface area contributed by atoms with E-state index >= 15 is 0 Å². The molecular formula is C17H23Cl2FN2O2. The molecule has 24 heavy (non-hydrogen) atoms. The van der Waals surface area contributed by atoms with Crippen LogP contribution in [0.25, 0.3) is 0 Å². The lowest BCUT2D eigenvalue weighted by molar-refractivity contribution is -0.127. The lowest BCUT2D eigenvalue weighted by atomic mass is 9.91. The number of carbonyl (C=O) groups is 1. The number of halogens is 3. The molecule has 0 aromatic heterocycles. The van der Waals surface area contributed by atoms with Gasteiger partial charge in [0.25, 0.3) is 0 Å². The van der Waals surface area contributed by atoms with Crippen molar-refractivity contribution >= 4 is 29.9 Å². The summed E-state index contributed by atoms with van der Waals surface area (Å²) in [5, 5.41) is 6.55. The van der Waals surface area contributed by atoms with E-state index < -0.39 is 5.82 Å². The molecule has 2 fully saturated rings. The molecule has 4 atom stereocenters. The van der Waals surface area contributed by atoms with Gasteiger partial charge in [-0.05, 0) is 50.4 Å². The van der Waals surface area contributed by atoms with Gasteiger partial charge in [0.15, 0.2) is 0 Å². The van der Waals surface area contributed by atoms with Crippen molar-refractivity contribution in [3.63, 3.8) is 0 Å². The summed E-state index contributed by atoms with van der Waals surface area (Å²) in [4.78, 5) is 12.5. The Hall–Kier alpha value is -0.880. The third-order valence-corrected chi connectivity index (χ3v) is 4.99. The minimum atomic E-state index is -0.461. The fourth-order valence-electron chi connectivity index (χ4n) is 3.43. The molecule has 2 aliphatic rings. The van der Waals surface area contributed by atoms with Gasteiger partial charge < -0.3 is 15.4 Å². The molecule has 0 aliphatic carbocycles. The number of nitrogens with one attached hydrogen (secondary N) is 2. The molecule has 1 aromatic rings. The second-order valence-corrected chi connectivity index (χ2v) is 6.85. The molecule has 0 bridgehead atoms. The molecule has 2 saturated heterocycles. The molecule has 2 heterocycles. The predicted molar refractivity (Wildman–Crippen MR) is 94.1 cm³/mol. The van der Waals surface area contributed by atoms with Gasteiger partial charge in [-0.1, -0.05) is 17.7 Å². The predicted octanol–water partition coefficient (Wildman–Crippen LogP) is 3.24. The number of carbonyl (C=O) groups excluding carboxylic acids is 1. The average Bonchev–Trinajstić information content (AvgIpc) is 2.98. The first kappa shape index (κ1) is 19.4. The average molecular weight is 377 g/mol. The number of amides is 1. The standard InChI is InChI=1S/C17H22ClFN2O2.ClH/c1-10-8-12(4-6-20-10)17(22)21-15-5-7-23-16(15)11-2-3-13(18)14(19)9-11;/h2-3,9-10,12,15-16,20H,4-8H2,1H3,(H,21,22);1H/t10-,12-,15?,16?;/m0./s1. The molecule has 2 N–H and O–H groups in total. The van der Waals surface area contributed by atoms with E-state index in [0.717, 1.165) is 25.8 Å². The van der Waals surface area contributed by atoms with Crippen LogP contribution < -0.4 is 10.6 Å². The quantitative estimate of drug-likeness (QED) is 0.851. The number of hydrogen-bond acceptors (Lipinski definition) is 3. The van der Waals surface area contributed by atoms with Gasteiger partial charge in [0.05, 0.1) is 11.1 Å². The Bertz CT molecular complexity index is 588. The first-order chi connectivity index (χ1) is 11.0. The number of rotatable bonds is 3. The van der Waals surface area contributed by atoms with Crippen LogP contribution in [0.3, 0.4) is 0 Å². The Balaban J connectivity index is 0.00000208. The molecule has 2 unspecified atom stereocenters. The molecular weight excluding hydrogens is 354 g/mol. The zero-order valence-corrected chi connectivity index (χ0v) is 15.1. The summed E-state index contributed by atoms with van der Waals surface area (Å²) in [6.45, 7) is 3.52.